The second-order valence-electron chi connectivity index (χ2n) is 12.6. The van der Waals surface area contributed by atoms with Crippen molar-refractivity contribution < 1.29 is 0 Å². The van der Waals surface area contributed by atoms with Gasteiger partial charge in [0.15, 0.2) is 0 Å². The number of hydrogen-bond acceptors (Lipinski definition) is 3. The molecule has 3 heteroatoms. The average molecular weight is 416 g/mol. The maximum atomic E-state index is 2.93. The second kappa shape index (κ2) is 8.67. The number of nitrogens with zero attached hydrogens (tertiary/aromatic N) is 3. The van der Waals surface area contributed by atoms with E-state index < -0.39 is 0 Å². The summed E-state index contributed by atoms with van der Waals surface area (Å²) in [6.07, 6.45) is 20.8. The predicted molar refractivity (Wildman–Crippen MR) is 127 cm³/mol. The van der Waals surface area contributed by atoms with Gasteiger partial charge in [0.2, 0.25) is 0 Å². The minimum absolute atomic E-state index is 0.707. The maximum Gasteiger partial charge on any atom is 0.00956 e. The van der Waals surface area contributed by atoms with E-state index in [1.807, 2.05) is 0 Å². The highest BCUT2D eigenvalue weighted by Crippen LogP contribution is 2.52. The van der Waals surface area contributed by atoms with Gasteiger partial charge in [0.05, 0.1) is 0 Å². The van der Waals surface area contributed by atoms with Crippen LogP contribution in [0.4, 0.5) is 0 Å². The molecule has 0 N–H and O–H groups in total. The Balaban J connectivity index is 1.05. The van der Waals surface area contributed by atoms with E-state index in [2.05, 4.69) is 28.7 Å². The lowest BCUT2D eigenvalue weighted by Gasteiger charge is -2.51. The molecule has 0 aromatic heterocycles. The van der Waals surface area contributed by atoms with Gasteiger partial charge in [-0.05, 0) is 146 Å². The van der Waals surface area contributed by atoms with Gasteiger partial charge >= 0.3 is 0 Å². The molecule has 172 valence electrons. The summed E-state index contributed by atoms with van der Waals surface area (Å²) < 4.78 is 0. The van der Waals surface area contributed by atoms with E-state index in [1.165, 1.54) is 136 Å². The van der Waals surface area contributed by atoms with Crippen LogP contribution in [0.2, 0.25) is 0 Å². The molecule has 0 aromatic rings. The summed E-state index contributed by atoms with van der Waals surface area (Å²) >= 11 is 0. The molecule has 5 fully saturated rings. The quantitative estimate of drug-likeness (QED) is 0.595. The van der Waals surface area contributed by atoms with Crippen LogP contribution >= 0.6 is 0 Å². The molecular weight excluding hydrogens is 366 g/mol. The maximum absolute atomic E-state index is 2.93. The normalized spacial score (nSPS) is 32.6. The Hall–Kier alpha value is -0.120. The van der Waals surface area contributed by atoms with Gasteiger partial charge in [0.25, 0.3) is 0 Å². The monoisotopic (exact) mass is 415 g/mol. The minimum Gasteiger partial charge on any atom is -0.306 e. The minimum atomic E-state index is 0.707. The molecule has 0 aromatic carbocycles. The van der Waals surface area contributed by atoms with Crippen LogP contribution in [0.5, 0.6) is 0 Å². The largest absolute Gasteiger partial charge is 0.306 e. The Bertz CT molecular complexity index is 547. The van der Waals surface area contributed by atoms with Crippen LogP contribution in [0.3, 0.4) is 0 Å². The predicted octanol–water partition coefficient (Wildman–Crippen LogP) is 5.40. The van der Waals surface area contributed by atoms with E-state index in [-0.39, 0.29) is 0 Å². The Kier molecular flexibility index (Phi) is 6.28. The summed E-state index contributed by atoms with van der Waals surface area (Å²) in [7, 11) is 2.31. The summed E-state index contributed by atoms with van der Waals surface area (Å²) in [6.45, 7) is 12.1. The lowest BCUT2D eigenvalue weighted by Crippen LogP contribution is -2.51. The summed E-state index contributed by atoms with van der Waals surface area (Å²) in [6, 6.07) is 0.913. The fraction of sp³-hybridized carbons (Fsp3) is 1.00. The third kappa shape index (κ3) is 4.64. The van der Waals surface area contributed by atoms with Gasteiger partial charge in [-0.15, -0.1) is 0 Å². The highest BCUT2D eigenvalue weighted by molar-refractivity contribution is 4.99. The van der Waals surface area contributed by atoms with Gasteiger partial charge in [-0.25, -0.2) is 0 Å². The van der Waals surface area contributed by atoms with Gasteiger partial charge in [0.1, 0.15) is 0 Å². The van der Waals surface area contributed by atoms with Crippen molar-refractivity contribution in [2.45, 2.75) is 103 Å². The first-order valence-electron chi connectivity index (χ1n) is 13.7. The van der Waals surface area contributed by atoms with Gasteiger partial charge < -0.3 is 14.7 Å². The SMILES string of the molecule is CCCC1(CN2CCC3(CC2)CCN(C2CCC4(CC2)CCN(C)CC4)CC3)CC1. The zero-order valence-corrected chi connectivity index (χ0v) is 20.3. The molecule has 0 bridgehead atoms. The molecular formula is C27H49N3. The van der Waals surface area contributed by atoms with Crippen molar-refractivity contribution in [2.24, 2.45) is 16.2 Å². The molecule has 3 saturated heterocycles. The van der Waals surface area contributed by atoms with Crippen molar-refractivity contribution >= 4 is 0 Å². The molecule has 2 spiro atoms. The van der Waals surface area contributed by atoms with E-state index in [1.54, 1.807) is 0 Å². The number of piperidine rings is 3. The number of rotatable bonds is 5. The van der Waals surface area contributed by atoms with Crippen molar-refractivity contribution in [3.05, 3.63) is 0 Å². The fourth-order valence-corrected chi connectivity index (χ4v) is 7.89. The Morgan fingerprint density at radius 1 is 0.667 bits per heavy atom. The van der Waals surface area contributed by atoms with Gasteiger partial charge in [-0.3, -0.25) is 0 Å². The molecule has 3 heterocycles. The first kappa shape index (κ1) is 21.7. The van der Waals surface area contributed by atoms with Gasteiger partial charge in [0, 0.05) is 12.6 Å². The highest BCUT2D eigenvalue weighted by atomic mass is 15.2. The van der Waals surface area contributed by atoms with Crippen molar-refractivity contribution in [1.82, 2.24) is 14.7 Å². The van der Waals surface area contributed by atoms with Crippen LogP contribution in [-0.4, -0.2) is 73.6 Å². The zero-order chi connectivity index (χ0) is 20.7. The third-order valence-electron chi connectivity index (χ3n) is 10.7. The van der Waals surface area contributed by atoms with Crippen LogP contribution in [0, 0.1) is 16.2 Å². The van der Waals surface area contributed by atoms with E-state index in [4.69, 9.17) is 0 Å². The van der Waals surface area contributed by atoms with Gasteiger partial charge in [-0.1, -0.05) is 13.3 Å². The third-order valence-corrected chi connectivity index (χ3v) is 10.7. The summed E-state index contributed by atoms with van der Waals surface area (Å²) in [5.41, 5.74) is 2.18. The number of likely N-dealkylation sites (tertiary alicyclic amines) is 3. The molecule has 30 heavy (non-hydrogen) atoms. The van der Waals surface area contributed by atoms with E-state index in [0.29, 0.717) is 5.41 Å². The Labute approximate surface area is 186 Å². The van der Waals surface area contributed by atoms with Crippen molar-refractivity contribution in [1.29, 1.82) is 0 Å². The number of hydrogen-bond donors (Lipinski definition) is 0. The van der Waals surface area contributed by atoms with Crippen LogP contribution < -0.4 is 0 Å². The Morgan fingerprint density at radius 2 is 1.20 bits per heavy atom. The molecule has 2 saturated carbocycles. The lowest BCUT2D eigenvalue weighted by molar-refractivity contribution is -0.00949. The zero-order valence-electron chi connectivity index (χ0n) is 20.3. The first-order valence-corrected chi connectivity index (χ1v) is 13.7. The van der Waals surface area contributed by atoms with E-state index in [0.717, 1.165) is 16.9 Å². The molecule has 3 aliphatic heterocycles. The van der Waals surface area contributed by atoms with Crippen LogP contribution in [0.15, 0.2) is 0 Å². The first-order chi connectivity index (χ1) is 14.5. The van der Waals surface area contributed by atoms with E-state index in [9.17, 15) is 0 Å². The van der Waals surface area contributed by atoms with Crippen molar-refractivity contribution in [2.75, 3.05) is 52.9 Å². The van der Waals surface area contributed by atoms with Crippen LogP contribution in [0.1, 0.15) is 96.8 Å². The smallest absolute Gasteiger partial charge is 0.00956 e. The van der Waals surface area contributed by atoms with Crippen molar-refractivity contribution in [3.63, 3.8) is 0 Å². The molecule has 5 aliphatic rings. The van der Waals surface area contributed by atoms with Crippen molar-refractivity contribution in [3.8, 4) is 0 Å². The molecule has 3 nitrogen and oxygen atoms in total. The molecule has 5 rings (SSSR count). The average Bonchev–Trinajstić information content (AvgIpc) is 3.53. The molecule has 0 amide bonds. The fourth-order valence-electron chi connectivity index (χ4n) is 7.89. The van der Waals surface area contributed by atoms with Gasteiger partial charge in [-0.2, -0.15) is 0 Å². The van der Waals surface area contributed by atoms with Crippen LogP contribution in [0.25, 0.3) is 0 Å². The topological polar surface area (TPSA) is 9.72 Å². The standard InChI is InChI=1S/C27H49N3/c1-3-6-27(9-10-27)23-29-19-13-26(14-20-29)15-21-30(22-16-26)24-4-7-25(8-5-24)11-17-28(2)18-12-25/h24H,3-23H2,1-2H3. The summed E-state index contributed by atoms with van der Waals surface area (Å²) in [5, 5.41) is 0. The van der Waals surface area contributed by atoms with Crippen LogP contribution in [-0.2, 0) is 0 Å². The molecule has 2 aliphatic carbocycles. The molecule has 0 radical (unpaired) electrons. The molecule has 0 atom stereocenters. The highest BCUT2D eigenvalue weighted by Gasteiger charge is 2.46. The Morgan fingerprint density at radius 3 is 1.77 bits per heavy atom. The second-order valence-corrected chi connectivity index (χ2v) is 12.6. The summed E-state index contributed by atoms with van der Waals surface area (Å²) in [4.78, 5) is 8.32. The lowest BCUT2D eigenvalue weighted by atomic mass is 9.66. The molecule has 0 unspecified atom stereocenters. The van der Waals surface area contributed by atoms with E-state index >= 15 is 0 Å². The summed E-state index contributed by atoms with van der Waals surface area (Å²) in [5.74, 6) is 0.